The molecular formula is C11H19N3O4S. The van der Waals surface area contributed by atoms with Crippen LogP contribution in [-0.4, -0.2) is 41.5 Å². The Balaban J connectivity index is 2.84. The van der Waals surface area contributed by atoms with Crippen molar-refractivity contribution in [2.24, 2.45) is 0 Å². The second-order valence-electron chi connectivity index (χ2n) is 4.61. The second kappa shape index (κ2) is 6.14. The third-order valence-electron chi connectivity index (χ3n) is 2.76. The summed E-state index contributed by atoms with van der Waals surface area (Å²) < 4.78 is 30.3. The van der Waals surface area contributed by atoms with E-state index in [1.165, 1.54) is 20.4 Å². The van der Waals surface area contributed by atoms with E-state index >= 15 is 0 Å². The summed E-state index contributed by atoms with van der Waals surface area (Å²) >= 11 is 0. The third kappa shape index (κ3) is 4.02. The fourth-order valence-electron chi connectivity index (χ4n) is 1.58. The molecule has 0 fully saturated rings. The van der Waals surface area contributed by atoms with E-state index in [9.17, 15) is 13.2 Å². The summed E-state index contributed by atoms with van der Waals surface area (Å²) in [5.41, 5.74) is 0. The van der Waals surface area contributed by atoms with Crippen molar-refractivity contribution in [2.75, 3.05) is 7.11 Å². The Kier molecular flexibility index (Phi) is 5.04. The molecule has 1 aromatic rings. The summed E-state index contributed by atoms with van der Waals surface area (Å²) in [5, 5.41) is 3.18. The SMILES string of the molecule is COC(=O)CC(C)S(=O)(=O)Cc1ncnn1C(C)C. The average Bonchev–Trinajstić information content (AvgIpc) is 2.76. The van der Waals surface area contributed by atoms with E-state index < -0.39 is 21.1 Å². The maximum absolute atomic E-state index is 12.1. The largest absolute Gasteiger partial charge is 0.469 e. The smallest absolute Gasteiger partial charge is 0.306 e. The molecule has 8 heteroatoms. The predicted octanol–water partition coefficient (Wildman–Crippen LogP) is 0.725. The highest BCUT2D eigenvalue weighted by Crippen LogP contribution is 2.15. The Morgan fingerprint density at radius 3 is 2.58 bits per heavy atom. The lowest BCUT2D eigenvalue weighted by atomic mass is 10.3. The summed E-state index contributed by atoms with van der Waals surface area (Å²) in [4.78, 5) is 15.1. The highest BCUT2D eigenvalue weighted by atomic mass is 32.2. The first-order chi connectivity index (χ1) is 8.77. The molecule has 1 rings (SSSR count). The first-order valence-electron chi connectivity index (χ1n) is 5.94. The maximum Gasteiger partial charge on any atom is 0.306 e. The van der Waals surface area contributed by atoms with Crippen LogP contribution >= 0.6 is 0 Å². The Bertz CT molecular complexity index is 536. The number of carbonyl (C=O) groups is 1. The van der Waals surface area contributed by atoms with Crippen molar-refractivity contribution in [1.82, 2.24) is 14.8 Å². The number of aromatic nitrogens is 3. The van der Waals surface area contributed by atoms with E-state index in [1.54, 1.807) is 4.68 Å². The fraction of sp³-hybridized carbons (Fsp3) is 0.727. The number of hydrogen-bond donors (Lipinski definition) is 0. The van der Waals surface area contributed by atoms with Gasteiger partial charge in [-0.1, -0.05) is 0 Å². The van der Waals surface area contributed by atoms with Crippen molar-refractivity contribution >= 4 is 15.8 Å². The molecule has 0 N–H and O–H groups in total. The number of rotatable bonds is 6. The molecule has 0 amide bonds. The fourth-order valence-corrected chi connectivity index (χ4v) is 2.82. The minimum absolute atomic E-state index is 0.0311. The summed E-state index contributed by atoms with van der Waals surface area (Å²) in [7, 11) is -2.24. The molecule has 1 heterocycles. The number of esters is 1. The topological polar surface area (TPSA) is 91.2 Å². The highest BCUT2D eigenvalue weighted by Gasteiger charge is 2.26. The van der Waals surface area contributed by atoms with Crippen molar-refractivity contribution in [3.8, 4) is 0 Å². The van der Waals surface area contributed by atoms with Crippen LogP contribution in [-0.2, 0) is 25.1 Å². The molecule has 1 aromatic heterocycles. The molecule has 0 aliphatic heterocycles. The minimum Gasteiger partial charge on any atom is -0.469 e. The number of hydrogen-bond acceptors (Lipinski definition) is 6. The van der Waals surface area contributed by atoms with Gasteiger partial charge in [0.1, 0.15) is 17.9 Å². The van der Waals surface area contributed by atoms with Gasteiger partial charge >= 0.3 is 5.97 Å². The van der Waals surface area contributed by atoms with Gasteiger partial charge in [-0.15, -0.1) is 0 Å². The average molecular weight is 289 g/mol. The second-order valence-corrected chi connectivity index (χ2v) is 7.03. The molecule has 0 saturated carbocycles. The van der Waals surface area contributed by atoms with Crippen molar-refractivity contribution < 1.29 is 17.9 Å². The van der Waals surface area contributed by atoms with Crippen LogP contribution in [0.3, 0.4) is 0 Å². The van der Waals surface area contributed by atoms with E-state index in [0.29, 0.717) is 5.82 Å². The van der Waals surface area contributed by atoms with Gasteiger partial charge in [0, 0.05) is 6.04 Å². The third-order valence-corrected chi connectivity index (χ3v) is 4.81. The molecule has 1 unspecified atom stereocenters. The lowest BCUT2D eigenvalue weighted by Crippen LogP contribution is -2.25. The van der Waals surface area contributed by atoms with Gasteiger partial charge in [-0.3, -0.25) is 4.79 Å². The molecule has 0 saturated heterocycles. The normalized spacial score (nSPS) is 13.5. The van der Waals surface area contributed by atoms with Gasteiger partial charge in [0.15, 0.2) is 9.84 Å². The van der Waals surface area contributed by atoms with Crippen LogP contribution in [0.1, 0.15) is 39.1 Å². The van der Waals surface area contributed by atoms with Crippen molar-refractivity contribution in [1.29, 1.82) is 0 Å². The number of sulfone groups is 1. The van der Waals surface area contributed by atoms with Crippen LogP contribution in [0.2, 0.25) is 0 Å². The van der Waals surface area contributed by atoms with Crippen LogP contribution in [0.15, 0.2) is 6.33 Å². The molecule has 0 radical (unpaired) electrons. The number of carbonyl (C=O) groups excluding carboxylic acids is 1. The van der Waals surface area contributed by atoms with Crippen LogP contribution in [0.25, 0.3) is 0 Å². The van der Waals surface area contributed by atoms with Crippen LogP contribution in [0.4, 0.5) is 0 Å². The van der Waals surface area contributed by atoms with Gasteiger partial charge < -0.3 is 4.74 Å². The molecule has 1 atom stereocenters. The number of ether oxygens (including phenoxy) is 1. The monoisotopic (exact) mass is 289 g/mol. The lowest BCUT2D eigenvalue weighted by molar-refractivity contribution is -0.140. The van der Waals surface area contributed by atoms with Crippen molar-refractivity contribution in [3.05, 3.63) is 12.2 Å². The van der Waals surface area contributed by atoms with Crippen molar-refractivity contribution in [2.45, 2.75) is 44.2 Å². The van der Waals surface area contributed by atoms with Gasteiger partial charge in [0.05, 0.1) is 18.8 Å². The van der Waals surface area contributed by atoms with Gasteiger partial charge in [0.2, 0.25) is 0 Å². The number of nitrogens with zero attached hydrogens (tertiary/aromatic N) is 3. The van der Waals surface area contributed by atoms with Crippen LogP contribution in [0.5, 0.6) is 0 Å². The Hall–Kier alpha value is -1.44. The zero-order valence-electron chi connectivity index (χ0n) is 11.5. The summed E-state index contributed by atoms with van der Waals surface area (Å²) in [6.45, 7) is 5.27. The first-order valence-corrected chi connectivity index (χ1v) is 7.66. The molecule has 0 aliphatic rings. The Morgan fingerprint density at radius 1 is 1.42 bits per heavy atom. The van der Waals surface area contributed by atoms with Crippen LogP contribution in [0, 0.1) is 0 Å². The van der Waals surface area contributed by atoms with Gasteiger partial charge in [-0.2, -0.15) is 5.10 Å². The van der Waals surface area contributed by atoms with Gasteiger partial charge in [-0.05, 0) is 20.8 Å². The first kappa shape index (κ1) is 15.6. The zero-order valence-corrected chi connectivity index (χ0v) is 12.3. The molecule has 108 valence electrons. The van der Waals surface area contributed by atoms with Crippen LogP contribution < -0.4 is 0 Å². The summed E-state index contributed by atoms with van der Waals surface area (Å²) in [6, 6.07) is 0.0311. The van der Waals surface area contributed by atoms with E-state index in [4.69, 9.17) is 0 Å². The zero-order chi connectivity index (χ0) is 14.6. The molecule has 7 nitrogen and oxygen atoms in total. The molecule has 0 bridgehead atoms. The van der Waals surface area contributed by atoms with Crippen molar-refractivity contribution in [3.63, 3.8) is 0 Å². The number of methoxy groups -OCH3 is 1. The molecule has 0 spiro atoms. The standard InChI is InChI=1S/C11H19N3O4S/c1-8(2)14-10(12-7-13-14)6-19(16,17)9(3)5-11(15)18-4/h7-9H,5-6H2,1-4H3. The summed E-state index contributed by atoms with van der Waals surface area (Å²) in [5.74, 6) is -0.392. The molecule has 19 heavy (non-hydrogen) atoms. The maximum atomic E-state index is 12.1. The lowest BCUT2D eigenvalue weighted by Gasteiger charge is -2.13. The minimum atomic E-state index is -3.47. The van der Waals surface area contributed by atoms with E-state index in [0.717, 1.165) is 0 Å². The Morgan fingerprint density at radius 2 is 2.05 bits per heavy atom. The predicted molar refractivity (Wildman–Crippen MR) is 69.1 cm³/mol. The summed E-state index contributed by atoms with van der Waals surface area (Å²) in [6.07, 6.45) is 1.17. The van der Waals surface area contributed by atoms with E-state index in [-0.39, 0.29) is 18.2 Å². The van der Waals surface area contributed by atoms with E-state index in [2.05, 4.69) is 14.8 Å². The Labute approximate surface area is 112 Å². The van der Waals surface area contributed by atoms with Gasteiger partial charge in [-0.25, -0.2) is 18.1 Å². The molecular weight excluding hydrogens is 270 g/mol. The molecule has 0 aliphatic carbocycles. The quantitative estimate of drug-likeness (QED) is 0.717. The van der Waals surface area contributed by atoms with Gasteiger partial charge in [0.25, 0.3) is 0 Å². The van der Waals surface area contributed by atoms with E-state index in [1.807, 2.05) is 13.8 Å². The highest BCUT2D eigenvalue weighted by molar-refractivity contribution is 7.91. The molecule has 0 aromatic carbocycles.